The summed E-state index contributed by atoms with van der Waals surface area (Å²) in [6, 6.07) is 13.8. The third-order valence-electron chi connectivity index (χ3n) is 3.91. The zero-order valence-corrected chi connectivity index (χ0v) is 11.6. The van der Waals surface area contributed by atoms with Crippen molar-refractivity contribution in [2.24, 2.45) is 0 Å². The lowest BCUT2D eigenvalue weighted by molar-refractivity contribution is -0.110. The van der Waals surface area contributed by atoms with E-state index in [4.69, 9.17) is 4.74 Å². The summed E-state index contributed by atoms with van der Waals surface area (Å²) < 4.78 is 5.83. The molecule has 2 aliphatic heterocycles. The monoisotopic (exact) mass is 278 g/mol. The number of hydrogen-bond acceptors (Lipinski definition) is 3. The van der Waals surface area contributed by atoms with E-state index in [2.05, 4.69) is 10.6 Å². The van der Waals surface area contributed by atoms with Crippen LogP contribution in [0.25, 0.3) is 11.3 Å². The third kappa shape index (κ3) is 1.72. The van der Waals surface area contributed by atoms with Crippen LogP contribution in [0.15, 0.2) is 42.5 Å². The molecule has 0 aliphatic carbocycles. The Balaban J connectivity index is 1.95. The van der Waals surface area contributed by atoms with Crippen molar-refractivity contribution in [3.05, 3.63) is 59.2 Å². The number of carbonyl (C=O) groups is 1. The van der Waals surface area contributed by atoms with E-state index in [0.29, 0.717) is 17.9 Å². The highest BCUT2D eigenvalue weighted by atomic mass is 16.5. The quantitative estimate of drug-likeness (QED) is 0.788. The second-order valence-corrected chi connectivity index (χ2v) is 5.11. The molecule has 0 fully saturated rings. The highest BCUT2D eigenvalue weighted by Crippen LogP contribution is 2.41. The van der Waals surface area contributed by atoms with Gasteiger partial charge in [0.15, 0.2) is 0 Å². The lowest BCUT2D eigenvalue weighted by Crippen LogP contribution is -2.05. The summed E-state index contributed by atoms with van der Waals surface area (Å²) in [5.74, 6) is 0.568. The number of anilines is 2. The van der Waals surface area contributed by atoms with Gasteiger partial charge in [-0.15, -0.1) is 0 Å². The second-order valence-electron chi connectivity index (χ2n) is 5.11. The van der Waals surface area contributed by atoms with Gasteiger partial charge in [0.05, 0.1) is 5.57 Å². The topological polar surface area (TPSA) is 50.4 Å². The van der Waals surface area contributed by atoms with E-state index < -0.39 is 0 Å². The molecule has 21 heavy (non-hydrogen) atoms. The summed E-state index contributed by atoms with van der Waals surface area (Å²) >= 11 is 0. The van der Waals surface area contributed by atoms with Gasteiger partial charge in [-0.2, -0.15) is 0 Å². The fourth-order valence-corrected chi connectivity index (χ4v) is 2.85. The highest BCUT2D eigenvalue weighted by Gasteiger charge is 2.32. The highest BCUT2D eigenvalue weighted by molar-refractivity contribution is 6.36. The Morgan fingerprint density at radius 2 is 2.00 bits per heavy atom. The molecule has 1 amide bonds. The van der Waals surface area contributed by atoms with E-state index in [0.717, 1.165) is 28.1 Å². The number of carbonyl (C=O) groups excluding carboxylic acids is 1. The largest absolute Gasteiger partial charge is 0.487 e. The number of para-hydroxylation sites is 1. The molecule has 4 nitrogen and oxygen atoms in total. The second kappa shape index (κ2) is 4.38. The SMILES string of the molecule is CNc1ccc2c(c1)C(=C1C(=O)Nc3ccccc31)OC2. The first-order chi connectivity index (χ1) is 10.3. The van der Waals surface area contributed by atoms with Gasteiger partial charge < -0.3 is 15.4 Å². The molecule has 0 saturated heterocycles. The summed E-state index contributed by atoms with van der Waals surface area (Å²) in [6.07, 6.45) is 0. The lowest BCUT2D eigenvalue weighted by atomic mass is 10.00. The molecular formula is C17H14N2O2. The standard InChI is InChI=1S/C17H14N2O2/c1-18-11-7-6-10-9-21-16(13(10)8-11)15-12-4-2-3-5-14(12)19-17(15)20/h2-8,18H,9H2,1H3,(H,19,20). The molecule has 0 aromatic heterocycles. The van der Waals surface area contributed by atoms with E-state index in [9.17, 15) is 4.79 Å². The fraction of sp³-hybridized carbons (Fsp3) is 0.118. The van der Waals surface area contributed by atoms with Crippen LogP contribution in [-0.2, 0) is 16.1 Å². The van der Waals surface area contributed by atoms with E-state index >= 15 is 0 Å². The van der Waals surface area contributed by atoms with Crippen LogP contribution in [0.2, 0.25) is 0 Å². The number of nitrogens with one attached hydrogen (secondary N) is 2. The Morgan fingerprint density at radius 1 is 1.14 bits per heavy atom. The minimum Gasteiger partial charge on any atom is -0.487 e. The molecule has 0 radical (unpaired) electrons. The molecule has 2 N–H and O–H groups in total. The van der Waals surface area contributed by atoms with Gasteiger partial charge in [-0.1, -0.05) is 24.3 Å². The van der Waals surface area contributed by atoms with Gasteiger partial charge in [0.25, 0.3) is 5.91 Å². The van der Waals surface area contributed by atoms with Crippen LogP contribution in [0.1, 0.15) is 16.7 Å². The van der Waals surface area contributed by atoms with Gasteiger partial charge in [-0.25, -0.2) is 0 Å². The molecule has 4 rings (SSSR count). The fourth-order valence-electron chi connectivity index (χ4n) is 2.85. The number of ether oxygens (including phenoxy) is 1. The van der Waals surface area contributed by atoms with Crippen molar-refractivity contribution in [1.82, 2.24) is 0 Å². The van der Waals surface area contributed by atoms with Gasteiger partial charge in [-0.3, -0.25) is 4.79 Å². The maximum Gasteiger partial charge on any atom is 0.260 e. The summed E-state index contributed by atoms with van der Waals surface area (Å²) in [5.41, 5.74) is 5.46. The van der Waals surface area contributed by atoms with Crippen molar-refractivity contribution in [2.45, 2.75) is 6.61 Å². The summed E-state index contributed by atoms with van der Waals surface area (Å²) in [5, 5.41) is 6.01. The molecule has 0 saturated carbocycles. The molecule has 0 bridgehead atoms. The van der Waals surface area contributed by atoms with Gasteiger partial charge in [0.1, 0.15) is 12.4 Å². The molecule has 0 spiro atoms. The number of hydrogen-bond donors (Lipinski definition) is 2. The Kier molecular flexibility index (Phi) is 2.51. The number of rotatable bonds is 1. The van der Waals surface area contributed by atoms with Gasteiger partial charge in [-0.05, 0) is 18.2 Å². The van der Waals surface area contributed by atoms with Gasteiger partial charge in [0, 0.05) is 35.1 Å². The van der Waals surface area contributed by atoms with E-state index in [1.165, 1.54) is 0 Å². The number of benzene rings is 2. The van der Waals surface area contributed by atoms with Crippen molar-refractivity contribution in [1.29, 1.82) is 0 Å². The third-order valence-corrected chi connectivity index (χ3v) is 3.91. The maximum absolute atomic E-state index is 12.3. The van der Waals surface area contributed by atoms with Crippen LogP contribution in [0.5, 0.6) is 0 Å². The van der Waals surface area contributed by atoms with Crippen molar-refractivity contribution in [2.75, 3.05) is 17.7 Å². The molecule has 0 atom stereocenters. The van der Waals surface area contributed by atoms with Gasteiger partial charge in [0.2, 0.25) is 0 Å². The molecular weight excluding hydrogens is 264 g/mol. The first-order valence-corrected chi connectivity index (χ1v) is 6.87. The first kappa shape index (κ1) is 12.0. The Morgan fingerprint density at radius 3 is 2.86 bits per heavy atom. The lowest BCUT2D eigenvalue weighted by Gasteiger charge is -2.06. The summed E-state index contributed by atoms with van der Waals surface area (Å²) in [6.45, 7) is 0.508. The van der Waals surface area contributed by atoms with Crippen LogP contribution in [0.3, 0.4) is 0 Å². The molecule has 2 aromatic carbocycles. The summed E-state index contributed by atoms with van der Waals surface area (Å²) in [4.78, 5) is 12.3. The van der Waals surface area contributed by atoms with Crippen molar-refractivity contribution < 1.29 is 9.53 Å². The van der Waals surface area contributed by atoms with Crippen molar-refractivity contribution >= 4 is 28.6 Å². The normalized spacial score (nSPS) is 18.8. The average molecular weight is 278 g/mol. The van der Waals surface area contributed by atoms with Crippen LogP contribution in [0, 0.1) is 0 Å². The molecule has 0 unspecified atom stereocenters. The number of amides is 1. The molecule has 2 aromatic rings. The van der Waals surface area contributed by atoms with Crippen LogP contribution >= 0.6 is 0 Å². The van der Waals surface area contributed by atoms with Crippen molar-refractivity contribution in [3.63, 3.8) is 0 Å². The number of fused-ring (bicyclic) bond motifs is 2. The Hall–Kier alpha value is -2.75. The van der Waals surface area contributed by atoms with E-state index in [1.54, 1.807) is 0 Å². The molecule has 2 heterocycles. The average Bonchev–Trinajstić information content (AvgIpc) is 3.06. The Bertz CT molecular complexity index is 793. The zero-order chi connectivity index (χ0) is 14.4. The maximum atomic E-state index is 12.3. The van der Waals surface area contributed by atoms with E-state index in [-0.39, 0.29) is 5.91 Å². The zero-order valence-electron chi connectivity index (χ0n) is 11.6. The minimum atomic E-state index is -0.103. The molecule has 4 heteroatoms. The molecule has 2 aliphatic rings. The van der Waals surface area contributed by atoms with Crippen LogP contribution in [0.4, 0.5) is 11.4 Å². The van der Waals surface area contributed by atoms with E-state index in [1.807, 2.05) is 49.5 Å². The molecule has 104 valence electrons. The predicted molar refractivity (Wildman–Crippen MR) is 82.7 cm³/mol. The predicted octanol–water partition coefficient (Wildman–Crippen LogP) is 3.08. The van der Waals surface area contributed by atoms with Gasteiger partial charge >= 0.3 is 0 Å². The van der Waals surface area contributed by atoms with Crippen LogP contribution in [-0.4, -0.2) is 13.0 Å². The van der Waals surface area contributed by atoms with Crippen molar-refractivity contribution in [3.8, 4) is 0 Å². The minimum absolute atomic E-state index is 0.103. The summed E-state index contributed by atoms with van der Waals surface area (Å²) in [7, 11) is 1.88. The first-order valence-electron chi connectivity index (χ1n) is 6.87. The van der Waals surface area contributed by atoms with Crippen LogP contribution < -0.4 is 10.6 Å². The Labute approximate surface area is 122 Å². The smallest absolute Gasteiger partial charge is 0.260 e.